The van der Waals surface area contributed by atoms with Gasteiger partial charge in [-0.05, 0) is 42.4 Å². The number of nitrogens with zero attached hydrogens (tertiary/aromatic N) is 1. The van der Waals surface area contributed by atoms with Crippen molar-refractivity contribution in [1.29, 1.82) is 0 Å². The predicted octanol–water partition coefficient (Wildman–Crippen LogP) is 4.39. The Morgan fingerprint density at radius 1 is 1.08 bits per heavy atom. The van der Waals surface area contributed by atoms with E-state index >= 15 is 0 Å². The smallest absolute Gasteiger partial charge is 0.261 e. The zero-order valence-electron chi connectivity index (χ0n) is 15.5. The minimum atomic E-state index is -1.99. The van der Waals surface area contributed by atoms with Gasteiger partial charge in [-0.15, -0.1) is 0 Å². The first-order chi connectivity index (χ1) is 12.6. The highest BCUT2D eigenvalue weighted by Gasteiger charge is 2.56. The summed E-state index contributed by atoms with van der Waals surface area (Å²) in [4.78, 5) is 27.0. The van der Waals surface area contributed by atoms with Crippen LogP contribution in [0.3, 0.4) is 0 Å². The Bertz CT molecular complexity index is 747. The van der Waals surface area contributed by atoms with Gasteiger partial charge in [-0.1, -0.05) is 39.0 Å². The van der Waals surface area contributed by atoms with E-state index < -0.39 is 20.5 Å². The molecule has 0 bridgehead atoms. The molecular weight excluding hydrogens is 346 g/mol. The molecule has 26 heavy (non-hydrogen) atoms. The number of furan rings is 1. The molecule has 0 unspecified atom stereocenters. The number of carbonyl (C=O) groups is 2. The second-order valence-corrected chi connectivity index (χ2v) is 11.3. The van der Waals surface area contributed by atoms with Gasteiger partial charge in [-0.2, -0.15) is 0 Å². The molecule has 1 aliphatic heterocycles. The molecule has 1 aromatic heterocycles. The number of rotatable bonds is 7. The van der Waals surface area contributed by atoms with E-state index in [0.717, 1.165) is 18.1 Å². The van der Waals surface area contributed by atoms with Crippen LogP contribution in [-0.2, 0) is 9.22 Å². The predicted molar refractivity (Wildman–Crippen MR) is 101 cm³/mol. The van der Waals surface area contributed by atoms with Gasteiger partial charge in [-0.3, -0.25) is 14.5 Å². The summed E-state index contributed by atoms with van der Waals surface area (Å²) in [5.74, 6) is 0.00572. The van der Waals surface area contributed by atoms with Crippen molar-refractivity contribution < 1.29 is 18.4 Å². The van der Waals surface area contributed by atoms with Crippen LogP contribution in [0.15, 0.2) is 53.1 Å². The van der Waals surface area contributed by atoms with Gasteiger partial charge in [0.2, 0.25) is 0 Å². The van der Waals surface area contributed by atoms with E-state index in [-0.39, 0.29) is 11.8 Å². The number of carbonyl (C=O) groups excluding carboxylic acids is 2. The minimum absolute atomic E-state index is 0.271. The van der Waals surface area contributed by atoms with Crippen molar-refractivity contribution in [3.05, 3.63) is 60.1 Å². The molecule has 5 nitrogen and oxygen atoms in total. The van der Waals surface area contributed by atoms with Gasteiger partial charge in [0.05, 0.1) is 6.26 Å². The molecule has 2 atom stereocenters. The van der Waals surface area contributed by atoms with Crippen LogP contribution >= 0.6 is 0 Å². The van der Waals surface area contributed by atoms with Crippen LogP contribution in [0, 0.1) is 0 Å². The van der Waals surface area contributed by atoms with E-state index in [1.54, 1.807) is 42.7 Å². The Labute approximate surface area is 155 Å². The Morgan fingerprint density at radius 2 is 1.73 bits per heavy atom. The summed E-state index contributed by atoms with van der Waals surface area (Å²) in [5.41, 5.74) is 0.487. The largest absolute Gasteiger partial charge is 0.467 e. The van der Waals surface area contributed by atoms with Crippen molar-refractivity contribution in [2.24, 2.45) is 0 Å². The lowest BCUT2D eigenvalue weighted by Gasteiger charge is -2.47. The third-order valence-electron chi connectivity index (χ3n) is 5.43. The van der Waals surface area contributed by atoms with Gasteiger partial charge in [0.1, 0.15) is 11.8 Å². The Kier molecular flexibility index (Phi) is 5.43. The van der Waals surface area contributed by atoms with E-state index in [9.17, 15) is 9.59 Å². The van der Waals surface area contributed by atoms with E-state index in [4.69, 9.17) is 8.84 Å². The topological polar surface area (TPSA) is 59.8 Å². The quantitative estimate of drug-likeness (QED) is 0.411. The van der Waals surface area contributed by atoms with Crippen molar-refractivity contribution >= 4 is 20.1 Å². The molecule has 2 heterocycles. The highest BCUT2D eigenvalue weighted by Crippen LogP contribution is 2.41. The molecule has 138 valence electrons. The van der Waals surface area contributed by atoms with Gasteiger partial charge in [0.25, 0.3) is 11.8 Å². The van der Waals surface area contributed by atoms with Gasteiger partial charge in [0, 0.05) is 5.56 Å². The maximum absolute atomic E-state index is 12.9. The summed E-state index contributed by atoms with van der Waals surface area (Å²) >= 11 is 0. The minimum Gasteiger partial charge on any atom is -0.467 e. The molecule has 1 aromatic carbocycles. The normalized spacial score (nSPS) is 20.1. The number of β-lactam (4-membered cyclic amide) rings is 1. The molecule has 2 aromatic rings. The van der Waals surface area contributed by atoms with E-state index in [1.807, 2.05) is 6.07 Å². The summed E-state index contributed by atoms with van der Waals surface area (Å²) in [6.45, 7) is 6.37. The summed E-state index contributed by atoms with van der Waals surface area (Å²) in [6.07, 6.45) is 0.921. The number of hydrogen-bond donors (Lipinski definition) is 0. The summed E-state index contributed by atoms with van der Waals surface area (Å²) in [7, 11) is -1.99. The first-order valence-electron chi connectivity index (χ1n) is 9.20. The average molecular weight is 372 g/mol. The fourth-order valence-electron chi connectivity index (χ4n) is 3.53. The molecule has 1 aliphatic rings. The Morgan fingerprint density at radius 3 is 2.27 bits per heavy atom. The monoisotopic (exact) mass is 371 g/mol. The number of likely N-dealkylation sites (tertiary alicyclic amines) is 1. The third-order valence-corrected chi connectivity index (χ3v) is 10.0. The van der Waals surface area contributed by atoms with Gasteiger partial charge in [-0.25, -0.2) is 0 Å². The highest BCUT2D eigenvalue weighted by molar-refractivity contribution is 6.73. The number of amides is 2. The lowest BCUT2D eigenvalue weighted by atomic mass is 9.94. The fraction of sp³-hybridized carbons (Fsp3) is 0.400. The average Bonchev–Trinajstić information content (AvgIpc) is 3.21. The third kappa shape index (κ3) is 3.15. The molecule has 0 saturated carbocycles. The first kappa shape index (κ1) is 18.6. The standard InChI is InChI=1S/C20H25NO4Si/c1-4-26(5-2,6-3)25-18-17(16-13-10-14-24-16)21(20(18)23)19(22)15-11-8-7-9-12-15/h7-14,17-18H,4-6H2,1-3H3/t17-,18+/m1/s1. The molecule has 3 rings (SSSR count). The SMILES string of the molecule is CC[Si](CC)(CC)O[C@@H]1C(=O)N(C(=O)c2ccccc2)[C@@H]1c1ccco1. The lowest BCUT2D eigenvalue weighted by Crippen LogP contribution is -2.64. The zero-order chi connectivity index (χ0) is 18.7. The van der Waals surface area contributed by atoms with Crippen LogP contribution in [0.25, 0.3) is 0 Å². The molecule has 0 radical (unpaired) electrons. The molecule has 6 heteroatoms. The molecular formula is C20H25NO4Si. The van der Waals surface area contributed by atoms with Crippen LogP contribution in [-0.4, -0.2) is 31.1 Å². The van der Waals surface area contributed by atoms with Crippen molar-refractivity contribution in [2.75, 3.05) is 0 Å². The molecule has 1 saturated heterocycles. The van der Waals surface area contributed by atoms with Crippen molar-refractivity contribution in [1.82, 2.24) is 4.90 Å². The van der Waals surface area contributed by atoms with Gasteiger partial charge in [0.15, 0.2) is 14.4 Å². The van der Waals surface area contributed by atoms with E-state index in [2.05, 4.69) is 20.8 Å². The van der Waals surface area contributed by atoms with Crippen molar-refractivity contribution in [3.8, 4) is 0 Å². The van der Waals surface area contributed by atoms with Crippen LogP contribution in [0.1, 0.15) is 42.9 Å². The maximum Gasteiger partial charge on any atom is 0.261 e. The number of imide groups is 1. The molecule has 0 spiro atoms. The lowest BCUT2D eigenvalue weighted by molar-refractivity contribution is -0.160. The van der Waals surface area contributed by atoms with Gasteiger partial charge >= 0.3 is 0 Å². The number of benzene rings is 1. The zero-order valence-corrected chi connectivity index (χ0v) is 16.5. The van der Waals surface area contributed by atoms with Crippen molar-refractivity contribution in [3.63, 3.8) is 0 Å². The van der Waals surface area contributed by atoms with E-state index in [0.29, 0.717) is 11.3 Å². The Balaban J connectivity index is 1.90. The summed E-state index contributed by atoms with van der Waals surface area (Å²) in [6, 6.07) is 14.8. The first-order valence-corrected chi connectivity index (χ1v) is 11.7. The van der Waals surface area contributed by atoms with Crippen LogP contribution in [0.5, 0.6) is 0 Å². The van der Waals surface area contributed by atoms with Crippen molar-refractivity contribution in [2.45, 2.75) is 51.0 Å². The summed E-state index contributed by atoms with van der Waals surface area (Å²) < 4.78 is 12.0. The maximum atomic E-state index is 12.9. The second-order valence-electron chi connectivity index (χ2n) is 6.62. The van der Waals surface area contributed by atoms with Crippen LogP contribution < -0.4 is 0 Å². The second kappa shape index (κ2) is 7.59. The molecule has 2 amide bonds. The van der Waals surface area contributed by atoms with Crippen LogP contribution in [0.2, 0.25) is 18.1 Å². The van der Waals surface area contributed by atoms with Crippen LogP contribution in [0.4, 0.5) is 0 Å². The molecule has 0 N–H and O–H groups in total. The van der Waals surface area contributed by atoms with E-state index in [1.165, 1.54) is 4.90 Å². The molecule has 0 aliphatic carbocycles. The molecule has 1 fully saturated rings. The van der Waals surface area contributed by atoms with Gasteiger partial charge < -0.3 is 8.84 Å². The summed E-state index contributed by atoms with van der Waals surface area (Å²) in [5, 5.41) is 0. The highest BCUT2D eigenvalue weighted by atomic mass is 28.4. The number of hydrogen-bond acceptors (Lipinski definition) is 4. The fourth-order valence-corrected chi connectivity index (χ4v) is 6.30. The Hall–Kier alpha value is -2.18.